The number of pyridine rings is 1. The highest BCUT2D eigenvalue weighted by atomic mass is 16.4. The number of carboxylic acid groups (broad SMARTS) is 1. The Kier molecular flexibility index (Phi) is 2.58. The van der Waals surface area contributed by atoms with Gasteiger partial charge in [-0.2, -0.15) is 0 Å². The predicted octanol–water partition coefficient (Wildman–Crippen LogP) is 1.63. The zero-order chi connectivity index (χ0) is 10.8. The minimum atomic E-state index is -0.722. The standard InChI is InChI=1S/C11H14N2O2/c12-10-4-5-13-6-9(10)7-2-1-3-8(7)11(14)15/h4-8H,1-3H2,(H2,12,13)(H,14,15). The Labute approximate surface area is 88.1 Å². The molecule has 1 aliphatic rings. The number of rotatable bonds is 2. The Morgan fingerprint density at radius 3 is 3.00 bits per heavy atom. The van der Waals surface area contributed by atoms with Gasteiger partial charge in [-0.3, -0.25) is 9.78 Å². The molecule has 15 heavy (non-hydrogen) atoms. The lowest BCUT2D eigenvalue weighted by atomic mass is 9.89. The van der Waals surface area contributed by atoms with Gasteiger partial charge in [0.05, 0.1) is 5.92 Å². The summed E-state index contributed by atoms with van der Waals surface area (Å²) in [6.07, 6.45) is 5.92. The summed E-state index contributed by atoms with van der Waals surface area (Å²) in [7, 11) is 0. The van der Waals surface area contributed by atoms with E-state index in [-0.39, 0.29) is 11.8 Å². The van der Waals surface area contributed by atoms with E-state index < -0.39 is 5.97 Å². The summed E-state index contributed by atoms with van der Waals surface area (Å²) in [6.45, 7) is 0. The monoisotopic (exact) mass is 206 g/mol. The molecule has 1 aliphatic carbocycles. The van der Waals surface area contributed by atoms with E-state index in [9.17, 15) is 4.79 Å². The van der Waals surface area contributed by atoms with Gasteiger partial charge >= 0.3 is 5.97 Å². The molecule has 0 saturated heterocycles. The lowest BCUT2D eigenvalue weighted by Gasteiger charge is -2.17. The van der Waals surface area contributed by atoms with Gasteiger partial charge in [-0.05, 0) is 24.5 Å². The normalized spacial score (nSPS) is 25.3. The summed E-state index contributed by atoms with van der Waals surface area (Å²) in [5, 5.41) is 9.07. The molecule has 0 aliphatic heterocycles. The topological polar surface area (TPSA) is 76.2 Å². The van der Waals surface area contributed by atoms with Crippen LogP contribution in [0.25, 0.3) is 0 Å². The summed E-state index contributed by atoms with van der Waals surface area (Å²) < 4.78 is 0. The van der Waals surface area contributed by atoms with Gasteiger partial charge in [-0.1, -0.05) is 6.42 Å². The third-order valence-corrected chi connectivity index (χ3v) is 3.12. The van der Waals surface area contributed by atoms with Crippen molar-refractivity contribution in [1.82, 2.24) is 4.98 Å². The lowest BCUT2D eigenvalue weighted by molar-refractivity contribution is -0.141. The van der Waals surface area contributed by atoms with Crippen molar-refractivity contribution in [3.05, 3.63) is 24.0 Å². The quantitative estimate of drug-likeness (QED) is 0.771. The molecule has 0 aromatic carbocycles. The molecule has 0 bridgehead atoms. The highest BCUT2D eigenvalue weighted by Crippen LogP contribution is 2.41. The van der Waals surface area contributed by atoms with Crippen LogP contribution < -0.4 is 5.73 Å². The van der Waals surface area contributed by atoms with Gasteiger partial charge in [0, 0.05) is 24.0 Å². The molecule has 2 unspecified atom stereocenters. The van der Waals surface area contributed by atoms with Crippen LogP contribution in [0.2, 0.25) is 0 Å². The Bertz CT molecular complexity index is 379. The molecule has 1 aromatic rings. The average molecular weight is 206 g/mol. The number of carbonyl (C=O) groups is 1. The number of nitrogens with zero attached hydrogens (tertiary/aromatic N) is 1. The first-order valence-corrected chi connectivity index (χ1v) is 5.12. The summed E-state index contributed by atoms with van der Waals surface area (Å²) in [4.78, 5) is 15.0. The smallest absolute Gasteiger partial charge is 0.307 e. The number of nitrogen functional groups attached to an aromatic ring is 1. The van der Waals surface area contributed by atoms with Crippen LogP contribution in [-0.4, -0.2) is 16.1 Å². The SMILES string of the molecule is Nc1ccncc1C1CCCC1C(=O)O. The predicted molar refractivity (Wildman–Crippen MR) is 56.4 cm³/mol. The lowest BCUT2D eigenvalue weighted by Crippen LogP contribution is -2.17. The van der Waals surface area contributed by atoms with Crippen molar-refractivity contribution in [3.63, 3.8) is 0 Å². The summed E-state index contributed by atoms with van der Waals surface area (Å²) >= 11 is 0. The number of aliphatic carboxylic acids is 1. The van der Waals surface area contributed by atoms with E-state index in [0.717, 1.165) is 24.8 Å². The molecule has 2 atom stereocenters. The second-order valence-electron chi connectivity index (χ2n) is 3.99. The Balaban J connectivity index is 2.30. The molecular formula is C11H14N2O2. The first-order valence-electron chi connectivity index (χ1n) is 5.12. The Morgan fingerprint density at radius 1 is 1.53 bits per heavy atom. The molecule has 4 nitrogen and oxygen atoms in total. The highest BCUT2D eigenvalue weighted by molar-refractivity contribution is 5.72. The molecule has 0 amide bonds. The zero-order valence-corrected chi connectivity index (χ0v) is 8.39. The molecule has 4 heteroatoms. The van der Waals surface area contributed by atoms with E-state index in [1.807, 2.05) is 0 Å². The molecule has 1 saturated carbocycles. The molecule has 1 aromatic heterocycles. The van der Waals surface area contributed by atoms with Gasteiger partial charge in [0.1, 0.15) is 0 Å². The van der Waals surface area contributed by atoms with Crippen molar-refractivity contribution >= 4 is 11.7 Å². The highest BCUT2D eigenvalue weighted by Gasteiger charge is 2.34. The largest absolute Gasteiger partial charge is 0.481 e. The van der Waals surface area contributed by atoms with Crippen LogP contribution in [-0.2, 0) is 4.79 Å². The molecule has 3 N–H and O–H groups in total. The van der Waals surface area contributed by atoms with Gasteiger partial charge in [0.2, 0.25) is 0 Å². The van der Waals surface area contributed by atoms with Crippen LogP contribution in [0.4, 0.5) is 5.69 Å². The van der Waals surface area contributed by atoms with Crippen molar-refractivity contribution in [2.24, 2.45) is 5.92 Å². The summed E-state index contributed by atoms with van der Waals surface area (Å²) in [6, 6.07) is 1.73. The van der Waals surface area contributed by atoms with Gasteiger partial charge < -0.3 is 10.8 Å². The van der Waals surface area contributed by atoms with E-state index in [2.05, 4.69) is 4.98 Å². The molecule has 0 spiro atoms. The molecule has 80 valence electrons. The van der Waals surface area contributed by atoms with Crippen molar-refractivity contribution < 1.29 is 9.90 Å². The van der Waals surface area contributed by atoms with E-state index >= 15 is 0 Å². The molecule has 2 rings (SSSR count). The number of aromatic nitrogens is 1. The van der Waals surface area contributed by atoms with Crippen LogP contribution in [0.1, 0.15) is 30.7 Å². The number of anilines is 1. The maximum absolute atomic E-state index is 11.0. The first kappa shape index (κ1) is 9.96. The second kappa shape index (κ2) is 3.88. The minimum Gasteiger partial charge on any atom is -0.481 e. The number of nitrogens with two attached hydrogens (primary N) is 1. The Hall–Kier alpha value is -1.58. The van der Waals surface area contributed by atoms with E-state index in [4.69, 9.17) is 10.8 Å². The fourth-order valence-corrected chi connectivity index (χ4v) is 2.36. The van der Waals surface area contributed by atoms with Crippen LogP contribution in [0.3, 0.4) is 0 Å². The van der Waals surface area contributed by atoms with Crippen molar-refractivity contribution in [1.29, 1.82) is 0 Å². The molecular weight excluding hydrogens is 192 g/mol. The van der Waals surface area contributed by atoms with E-state index in [1.165, 1.54) is 0 Å². The van der Waals surface area contributed by atoms with Gasteiger partial charge in [-0.15, -0.1) is 0 Å². The van der Waals surface area contributed by atoms with Gasteiger partial charge in [0.15, 0.2) is 0 Å². The fourth-order valence-electron chi connectivity index (χ4n) is 2.36. The van der Waals surface area contributed by atoms with Crippen molar-refractivity contribution in [3.8, 4) is 0 Å². The van der Waals surface area contributed by atoms with Crippen LogP contribution in [0, 0.1) is 5.92 Å². The first-order chi connectivity index (χ1) is 7.20. The second-order valence-corrected chi connectivity index (χ2v) is 3.99. The average Bonchev–Trinajstić information content (AvgIpc) is 2.67. The molecule has 0 radical (unpaired) electrons. The van der Waals surface area contributed by atoms with E-state index in [1.54, 1.807) is 18.5 Å². The van der Waals surface area contributed by atoms with Crippen LogP contribution in [0.15, 0.2) is 18.5 Å². The van der Waals surface area contributed by atoms with Gasteiger partial charge in [-0.25, -0.2) is 0 Å². The number of carboxylic acids is 1. The van der Waals surface area contributed by atoms with Crippen molar-refractivity contribution in [2.45, 2.75) is 25.2 Å². The zero-order valence-electron chi connectivity index (χ0n) is 8.39. The van der Waals surface area contributed by atoms with Gasteiger partial charge in [0.25, 0.3) is 0 Å². The third kappa shape index (κ3) is 1.79. The minimum absolute atomic E-state index is 0.0381. The molecule has 1 heterocycles. The van der Waals surface area contributed by atoms with Crippen LogP contribution >= 0.6 is 0 Å². The van der Waals surface area contributed by atoms with E-state index in [0.29, 0.717) is 5.69 Å². The summed E-state index contributed by atoms with van der Waals surface area (Å²) in [5.74, 6) is -0.978. The Morgan fingerprint density at radius 2 is 2.33 bits per heavy atom. The maximum atomic E-state index is 11.0. The number of hydrogen-bond donors (Lipinski definition) is 2. The summed E-state index contributed by atoms with van der Waals surface area (Å²) in [5.41, 5.74) is 7.38. The van der Waals surface area contributed by atoms with Crippen LogP contribution in [0.5, 0.6) is 0 Å². The van der Waals surface area contributed by atoms with Crippen molar-refractivity contribution in [2.75, 3.05) is 5.73 Å². The third-order valence-electron chi connectivity index (χ3n) is 3.12. The molecule has 1 fully saturated rings. The number of hydrogen-bond acceptors (Lipinski definition) is 3. The maximum Gasteiger partial charge on any atom is 0.307 e. The fraction of sp³-hybridized carbons (Fsp3) is 0.455.